The lowest BCUT2D eigenvalue weighted by Gasteiger charge is -2.49. The summed E-state index contributed by atoms with van der Waals surface area (Å²) in [6.45, 7) is 7.32. The van der Waals surface area contributed by atoms with E-state index in [1.165, 1.54) is 0 Å². The second-order valence-corrected chi connectivity index (χ2v) is 5.62. The first kappa shape index (κ1) is 11.3. The van der Waals surface area contributed by atoms with E-state index in [-0.39, 0.29) is 17.1 Å². The van der Waals surface area contributed by atoms with Gasteiger partial charge in [0.15, 0.2) is 5.78 Å². The highest BCUT2D eigenvalue weighted by Gasteiger charge is 2.52. The molecule has 3 nitrogen and oxygen atoms in total. The van der Waals surface area contributed by atoms with Gasteiger partial charge in [-0.15, -0.1) is 0 Å². The standard InChI is InChI=1S/C13H17NO2/c1-12(2)10-4-5-16-8-13(10,3)6-9(7-14)11(12)15/h6,10H,4-5,8H2,1-3H3/t10?,13-/m1/s1. The normalized spacial score (nSPS) is 37.2. The van der Waals surface area contributed by atoms with Crippen LogP contribution < -0.4 is 0 Å². The summed E-state index contributed by atoms with van der Waals surface area (Å²) >= 11 is 0. The Labute approximate surface area is 96.1 Å². The van der Waals surface area contributed by atoms with Crippen molar-refractivity contribution in [2.24, 2.45) is 16.7 Å². The highest BCUT2D eigenvalue weighted by atomic mass is 16.5. The smallest absolute Gasteiger partial charge is 0.178 e. The number of nitrogens with zero attached hydrogens (tertiary/aromatic N) is 1. The Hall–Kier alpha value is -1.14. The Bertz CT molecular complexity index is 403. The Morgan fingerprint density at radius 1 is 1.50 bits per heavy atom. The van der Waals surface area contributed by atoms with Gasteiger partial charge in [0.05, 0.1) is 12.2 Å². The molecule has 0 N–H and O–H groups in total. The number of ether oxygens (including phenoxy) is 1. The Kier molecular flexibility index (Phi) is 2.43. The van der Waals surface area contributed by atoms with E-state index < -0.39 is 5.41 Å². The highest BCUT2D eigenvalue weighted by molar-refractivity contribution is 6.04. The van der Waals surface area contributed by atoms with Crippen LogP contribution in [0.1, 0.15) is 27.2 Å². The van der Waals surface area contributed by atoms with E-state index in [0.29, 0.717) is 18.8 Å². The van der Waals surface area contributed by atoms with Crippen LogP contribution in [0.15, 0.2) is 11.6 Å². The second-order valence-electron chi connectivity index (χ2n) is 5.62. The quantitative estimate of drug-likeness (QED) is 0.626. The first-order chi connectivity index (χ1) is 7.42. The number of fused-ring (bicyclic) bond motifs is 1. The van der Waals surface area contributed by atoms with E-state index in [9.17, 15) is 4.79 Å². The fraction of sp³-hybridized carbons (Fsp3) is 0.692. The Morgan fingerprint density at radius 2 is 2.19 bits per heavy atom. The number of hydrogen-bond donors (Lipinski definition) is 0. The lowest BCUT2D eigenvalue weighted by molar-refractivity contribution is -0.136. The Balaban J connectivity index is 2.53. The van der Waals surface area contributed by atoms with Crippen LogP contribution >= 0.6 is 0 Å². The summed E-state index contributed by atoms with van der Waals surface area (Å²) < 4.78 is 5.50. The van der Waals surface area contributed by atoms with Crippen LogP contribution in [0.5, 0.6) is 0 Å². The van der Waals surface area contributed by atoms with Crippen LogP contribution in [0.3, 0.4) is 0 Å². The zero-order valence-corrected chi connectivity index (χ0v) is 10.0. The van der Waals surface area contributed by atoms with Gasteiger partial charge in [-0.2, -0.15) is 5.26 Å². The van der Waals surface area contributed by atoms with Gasteiger partial charge in [-0.3, -0.25) is 4.79 Å². The molecular weight excluding hydrogens is 202 g/mol. The van der Waals surface area contributed by atoms with Crippen molar-refractivity contribution in [3.8, 4) is 6.07 Å². The molecule has 2 atom stereocenters. The van der Waals surface area contributed by atoms with Crippen LogP contribution in [-0.4, -0.2) is 19.0 Å². The average molecular weight is 219 g/mol. The monoisotopic (exact) mass is 219 g/mol. The van der Waals surface area contributed by atoms with E-state index in [1.807, 2.05) is 26.0 Å². The maximum atomic E-state index is 12.1. The number of nitriles is 1. The third-order valence-electron chi connectivity index (χ3n) is 4.06. The zero-order valence-electron chi connectivity index (χ0n) is 10.0. The molecule has 0 amide bonds. The molecule has 1 heterocycles. The van der Waals surface area contributed by atoms with Gasteiger partial charge in [-0.25, -0.2) is 0 Å². The minimum absolute atomic E-state index is 0.0145. The molecule has 3 heteroatoms. The fourth-order valence-corrected chi connectivity index (χ4v) is 3.23. The van der Waals surface area contributed by atoms with Gasteiger partial charge < -0.3 is 4.74 Å². The van der Waals surface area contributed by atoms with Crippen molar-refractivity contribution < 1.29 is 9.53 Å². The molecule has 0 aromatic heterocycles. The van der Waals surface area contributed by atoms with Crippen molar-refractivity contribution in [2.75, 3.05) is 13.2 Å². The lowest BCUT2D eigenvalue weighted by atomic mass is 9.56. The van der Waals surface area contributed by atoms with Gasteiger partial charge in [0, 0.05) is 17.4 Å². The molecule has 0 bridgehead atoms. The lowest BCUT2D eigenvalue weighted by Crippen LogP contribution is -2.51. The highest BCUT2D eigenvalue weighted by Crippen LogP contribution is 2.51. The van der Waals surface area contributed by atoms with Crippen LogP contribution in [0.25, 0.3) is 0 Å². The van der Waals surface area contributed by atoms with Gasteiger partial charge >= 0.3 is 0 Å². The number of hydrogen-bond acceptors (Lipinski definition) is 3. The molecule has 1 fully saturated rings. The first-order valence-electron chi connectivity index (χ1n) is 5.67. The first-order valence-corrected chi connectivity index (χ1v) is 5.67. The molecule has 1 unspecified atom stereocenters. The van der Waals surface area contributed by atoms with Gasteiger partial charge in [0.2, 0.25) is 0 Å². The summed E-state index contributed by atoms with van der Waals surface area (Å²) in [6, 6.07) is 2.02. The van der Waals surface area contributed by atoms with E-state index in [0.717, 1.165) is 6.42 Å². The van der Waals surface area contributed by atoms with Crippen molar-refractivity contribution in [1.29, 1.82) is 5.26 Å². The van der Waals surface area contributed by atoms with Gasteiger partial charge in [0.25, 0.3) is 0 Å². The number of rotatable bonds is 0. The SMILES string of the molecule is CC1(C)C(=O)C(C#N)=C[C@]2(C)COCCC12. The van der Waals surface area contributed by atoms with Gasteiger partial charge in [-0.05, 0) is 12.3 Å². The third-order valence-corrected chi connectivity index (χ3v) is 4.06. The van der Waals surface area contributed by atoms with Gasteiger partial charge in [-0.1, -0.05) is 26.8 Å². The van der Waals surface area contributed by atoms with Crippen LogP contribution in [0, 0.1) is 28.1 Å². The number of ketones is 1. The van der Waals surface area contributed by atoms with Crippen molar-refractivity contribution in [2.45, 2.75) is 27.2 Å². The molecule has 0 aromatic rings. The zero-order chi connectivity index (χ0) is 12.0. The molecule has 1 aliphatic carbocycles. The van der Waals surface area contributed by atoms with Crippen molar-refractivity contribution >= 4 is 5.78 Å². The molecule has 0 aromatic carbocycles. The molecule has 2 rings (SSSR count). The number of carbonyl (C=O) groups excluding carboxylic acids is 1. The number of carbonyl (C=O) groups is 1. The average Bonchev–Trinajstić information content (AvgIpc) is 2.24. The van der Waals surface area contributed by atoms with Crippen molar-refractivity contribution in [3.63, 3.8) is 0 Å². The van der Waals surface area contributed by atoms with Crippen molar-refractivity contribution in [1.82, 2.24) is 0 Å². The summed E-state index contributed by atoms with van der Waals surface area (Å²) in [4.78, 5) is 12.1. The molecule has 0 saturated carbocycles. The number of Topliss-reactive ketones (excluding diaryl/α,β-unsaturated/α-hetero) is 1. The van der Waals surface area contributed by atoms with E-state index in [2.05, 4.69) is 6.92 Å². The van der Waals surface area contributed by atoms with E-state index in [1.54, 1.807) is 0 Å². The molecule has 2 aliphatic rings. The Morgan fingerprint density at radius 3 is 2.81 bits per heavy atom. The topological polar surface area (TPSA) is 50.1 Å². The minimum atomic E-state index is -0.446. The maximum Gasteiger partial charge on any atom is 0.178 e. The summed E-state index contributed by atoms with van der Waals surface area (Å²) in [7, 11) is 0. The summed E-state index contributed by atoms with van der Waals surface area (Å²) in [5, 5.41) is 9.02. The van der Waals surface area contributed by atoms with Gasteiger partial charge in [0.1, 0.15) is 6.07 Å². The fourth-order valence-electron chi connectivity index (χ4n) is 3.23. The molecular formula is C13H17NO2. The van der Waals surface area contributed by atoms with E-state index >= 15 is 0 Å². The minimum Gasteiger partial charge on any atom is -0.381 e. The predicted octanol–water partition coefficient (Wildman–Crippen LogP) is 2.09. The molecule has 0 spiro atoms. The largest absolute Gasteiger partial charge is 0.381 e. The summed E-state index contributed by atoms with van der Waals surface area (Å²) in [6.07, 6.45) is 2.72. The van der Waals surface area contributed by atoms with Crippen LogP contribution in [0.2, 0.25) is 0 Å². The molecule has 1 aliphatic heterocycles. The van der Waals surface area contributed by atoms with Crippen LogP contribution in [-0.2, 0) is 9.53 Å². The molecule has 86 valence electrons. The molecule has 1 saturated heterocycles. The second kappa shape index (κ2) is 3.43. The molecule has 0 radical (unpaired) electrons. The number of allylic oxidation sites excluding steroid dienone is 1. The predicted molar refractivity (Wildman–Crippen MR) is 59.5 cm³/mol. The molecule has 16 heavy (non-hydrogen) atoms. The van der Waals surface area contributed by atoms with Crippen LogP contribution in [0.4, 0.5) is 0 Å². The van der Waals surface area contributed by atoms with E-state index in [4.69, 9.17) is 10.00 Å². The summed E-state index contributed by atoms with van der Waals surface area (Å²) in [5.74, 6) is 0.262. The van der Waals surface area contributed by atoms with Crippen molar-refractivity contribution in [3.05, 3.63) is 11.6 Å². The maximum absolute atomic E-state index is 12.1. The summed E-state index contributed by atoms with van der Waals surface area (Å²) in [5.41, 5.74) is -0.312. The third kappa shape index (κ3) is 1.41.